The summed E-state index contributed by atoms with van der Waals surface area (Å²) < 4.78 is 56.8. The molecule has 12 nitrogen and oxygen atoms in total. The van der Waals surface area contributed by atoms with Gasteiger partial charge in [-0.1, -0.05) is 48.5 Å². The molecule has 2 aliphatic heterocycles. The number of rotatable bonds is 0. The summed E-state index contributed by atoms with van der Waals surface area (Å²) in [5.41, 5.74) is 6.36. The van der Waals surface area contributed by atoms with Gasteiger partial charge in [-0.25, -0.2) is 0 Å². The molecule has 0 N–H and O–H groups in total. The third kappa shape index (κ3) is 9.94. The first-order valence-electron chi connectivity index (χ1n) is 19.2. The maximum atomic E-state index is 13.0. The molecule has 0 amide bonds. The lowest BCUT2D eigenvalue weighted by Gasteiger charge is -2.23. The van der Waals surface area contributed by atoms with Crippen molar-refractivity contribution >= 4 is 11.6 Å². The molecule has 2 heterocycles. The highest BCUT2D eigenvalue weighted by molar-refractivity contribution is 6.13. The van der Waals surface area contributed by atoms with E-state index in [4.69, 9.17) is 47.4 Å². The predicted molar refractivity (Wildman–Crippen MR) is 205 cm³/mol. The molecular formula is C44H48O12. The normalized spacial score (nSPS) is 18.4. The van der Waals surface area contributed by atoms with Crippen molar-refractivity contribution in [3.05, 3.63) is 117 Å². The average Bonchev–Trinajstić information content (AvgIpc) is 3.22. The Labute approximate surface area is 326 Å². The maximum Gasteiger partial charge on any atom is 0.193 e. The van der Waals surface area contributed by atoms with Crippen LogP contribution in [0.25, 0.3) is 0 Å². The van der Waals surface area contributed by atoms with Gasteiger partial charge >= 0.3 is 0 Å². The topological polar surface area (TPSA) is 126 Å². The molecule has 4 bridgehead atoms. The summed E-state index contributed by atoms with van der Waals surface area (Å²) in [7, 11) is 0. The second-order valence-electron chi connectivity index (χ2n) is 13.2. The van der Waals surface area contributed by atoms with Crippen molar-refractivity contribution in [3.63, 3.8) is 0 Å². The van der Waals surface area contributed by atoms with Crippen LogP contribution in [-0.4, -0.2) is 117 Å². The third-order valence-corrected chi connectivity index (χ3v) is 9.65. The van der Waals surface area contributed by atoms with Crippen LogP contribution in [0.3, 0.4) is 0 Å². The molecule has 296 valence electrons. The van der Waals surface area contributed by atoms with Crippen molar-refractivity contribution in [3.8, 4) is 23.0 Å². The number of ketones is 2. The van der Waals surface area contributed by atoms with Crippen molar-refractivity contribution in [1.82, 2.24) is 0 Å². The molecule has 12 heteroatoms. The Kier molecular flexibility index (Phi) is 14.3. The monoisotopic (exact) mass is 768 g/mol. The third-order valence-electron chi connectivity index (χ3n) is 9.65. The summed E-state index contributed by atoms with van der Waals surface area (Å²) >= 11 is 0. The van der Waals surface area contributed by atoms with E-state index in [9.17, 15) is 9.59 Å². The molecule has 0 saturated carbocycles. The molecule has 0 aromatic heterocycles. The SMILES string of the molecule is O=C1c2cccc3c2Cc2c(cccc21)OCCOCCOCCOCCO3.O=C1c2cccc3c2Cc2c(cccc21)OCCOCCOCCOCCO3. The van der Waals surface area contributed by atoms with E-state index in [1.807, 2.05) is 72.8 Å². The Morgan fingerprint density at radius 3 is 0.732 bits per heavy atom. The van der Waals surface area contributed by atoms with Crippen LogP contribution < -0.4 is 18.9 Å². The zero-order valence-corrected chi connectivity index (χ0v) is 31.6. The van der Waals surface area contributed by atoms with E-state index in [-0.39, 0.29) is 11.6 Å². The molecular weight excluding hydrogens is 720 g/mol. The fourth-order valence-corrected chi connectivity index (χ4v) is 6.95. The number of carbonyl (C=O) groups excluding carboxylic acids is 2. The van der Waals surface area contributed by atoms with Gasteiger partial charge in [0.15, 0.2) is 11.6 Å². The van der Waals surface area contributed by atoms with Gasteiger partial charge in [-0.15, -0.1) is 0 Å². The lowest BCUT2D eigenvalue weighted by molar-refractivity contribution is 0.00480. The summed E-state index contributed by atoms with van der Waals surface area (Å²) in [4.78, 5) is 26.1. The molecule has 0 saturated heterocycles. The zero-order valence-electron chi connectivity index (χ0n) is 31.6. The summed E-state index contributed by atoms with van der Waals surface area (Å²) in [6.45, 7) is 7.62. The van der Waals surface area contributed by atoms with Crippen LogP contribution in [0, 0.1) is 0 Å². The van der Waals surface area contributed by atoms with Crippen molar-refractivity contribution < 1.29 is 57.0 Å². The second kappa shape index (κ2) is 20.4. The molecule has 4 aromatic rings. The minimum atomic E-state index is 0.00574. The highest BCUT2D eigenvalue weighted by Crippen LogP contribution is 2.38. The van der Waals surface area contributed by atoms with Gasteiger partial charge in [0, 0.05) is 57.3 Å². The van der Waals surface area contributed by atoms with Gasteiger partial charge in [-0.3, -0.25) is 9.59 Å². The minimum Gasteiger partial charge on any atom is -0.491 e. The lowest BCUT2D eigenvalue weighted by atomic mass is 9.84. The highest BCUT2D eigenvalue weighted by Gasteiger charge is 2.29. The standard InChI is InChI=1S/2C22H24O6/c2*23-22-16-3-1-5-20-18(16)15-19-17(22)4-2-6-21(19)28-14-12-26-10-8-24-7-9-25-11-13-27-20/h2*1-6H,7-15H2. The van der Waals surface area contributed by atoms with Crippen LogP contribution in [0.4, 0.5) is 0 Å². The van der Waals surface area contributed by atoms with E-state index < -0.39 is 0 Å². The number of ether oxygens (including phenoxy) is 10. The first-order valence-corrected chi connectivity index (χ1v) is 19.2. The molecule has 4 aliphatic rings. The van der Waals surface area contributed by atoms with E-state index in [1.165, 1.54) is 0 Å². The van der Waals surface area contributed by atoms with E-state index in [1.54, 1.807) is 0 Å². The number of carbonyl (C=O) groups is 2. The molecule has 4 aromatic carbocycles. The van der Waals surface area contributed by atoms with Crippen LogP contribution >= 0.6 is 0 Å². The fourth-order valence-electron chi connectivity index (χ4n) is 6.95. The molecule has 0 fully saturated rings. The summed E-state index contributed by atoms with van der Waals surface area (Å²) in [5, 5.41) is 0. The maximum absolute atomic E-state index is 13.0. The van der Waals surface area contributed by atoms with E-state index in [2.05, 4.69) is 0 Å². The zero-order chi connectivity index (χ0) is 38.4. The quantitative estimate of drug-likeness (QED) is 0.200. The predicted octanol–water partition coefficient (Wildman–Crippen LogP) is 5.29. The highest BCUT2D eigenvalue weighted by atomic mass is 16.6. The largest absolute Gasteiger partial charge is 0.491 e. The molecule has 56 heavy (non-hydrogen) atoms. The second-order valence-corrected chi connectivity index (χ2v) is 13.2. The average molecular weight is 769 g/mol. The Hall–Kier alpha value is -4.82. The fraction of sp³-hybridized carbons (Fsp3) is 0.409. The Morgan fingerprint density at radius 2 is 0.500 bits per heavy atom. The summed E-state index contributed by atoms with van der Waals surface area (Å²) in [6, 6.07) is 22.4. The van der Waals surface area contributed by atoms with Gasteiger partial charge in [0.25, 0.3) is 0 Å². The Balaban J connectivity index is 0.000000172. The first-order chi connectivity index (χ1) is 27.7. The van der Waals surface area contributed by atoms with Crippen LogP contribution in [0.1, 0.15) is 54.1 Å². The summed E-state index contributed by atoms with van der Waals surface area (Å²) in [6.07, 6.45) is 1.19. The van der Waals surface area contributed by atoms with E-state index in [0.29, 0.717) is 141 Å². The van der Waals surface area contributed by atoms with E-state index >= 15 is 0 Å². The van der Waals surface area contributed by atoms with Crippen LogP contribution in [0.15, 0.2) is 72.8 Å². The molecule has 8 rings (SSSR count). The van der Waals surface area contributed by atoms with Crippen LogP contribution in [0.2, 0.25) is 0 Å². The van der Waals surface area contributed by atoms with Crippen LogP contribution in [-0.2, 0) is 41.3 Å². The van der Waals surface area contributed by atoms with Crippen molar-refractivity contribution in [2.24, 2.45) is 0 Å². The lowest BCUT2D eigenvalue weighted by Crippen LogP contribution is -2.19. The van der Waals surface area contributed by atoms with Gasteiger partial charge in [-0.2, -0.15) is 0 Å². The minimum absolute atomic E-state index is 0.00574. The van der Waals surface area contributed by atoms with Gasteiger partial charge in [-0.05, 0) is 24.3 Å². The van der Waals surface area contributed by atoms with Gasteiger partial charge in [0.1, 0.15) is 49.4 Å². The number of hydrogen-bond acceptors (Lipinski definition) is 12. The number of hydrogen-bond donors (Lipinski definition) is 0. The Bertz CT molecular complexity index is 1670. The number of benzene rings is 4. The molecule has 0 radical (unpaired) electrons. The first kappa shape index (κ1) is 39.4. The summed E-state index contributed by atoms with van der Waals surface area (Å²) in [5.74, 6) is 2.88. The smallest absolute Gasteiger partial charge is 0.193 e. The molecule has 0 atom stereocenters. The molecule has 0 spiro atoms. The van der Waals surface area contributed by atoms with Gasteiger partial charge in [0.2, 0.25) is 0 Å². The van der Waals surface area contributed by atoms with Crippen molar-refractivity contribution in [2.75, 3.05) is 106 Å². The Morgan fingerprint density at radius 1 is 0.286 bits per heavy atom. The van der Waals surface area contributed by atoms with Crippen LogP contribution in [0.5, 0.6) is 23.0 Å². The van der Waals surface area contributed by atoms with Crippen molar-refractivity contribution in [2.45, 2.75) is 12.8 Å². The molecule has 0 unspecified atom stereocenters. The van der Waals surface area contributed by atoms with E-state index in [0.717, 1.165) is 45.3 Å². The van der Waals surface area contributed by atoms with Crippen molar-refractivity contribution in [1.29, 1.82) is 0 Å². The van der Waals surface area contributed by atoms with Gasteiger partial charge in [0.05, 0.1) is 79.3 Å². The molecule has 2 aliphatic carbocycles. The van der Waals surface area contributed by atoms with Gasteiger partial charge < -0.3 is 47.4 Å².